The topological polar surface area (TPSA) is 41.1 Å². The van der Waals surface area contributed by atoms with E-state index in [0.29, 0.717) is 29.1 Å². The highest BCUT2D eigenvalue weighted by Gasteiger charge is 2.17. The van der Waals surface area contributed by atoms with Gasteiger partial charge >= 0.3 is 0 Å². The fraction of sp³-hybridized carbons (Fsp3) is 0.533. The van der Waals surface area contributed by atoms with E-state index in [9.17, 15) is 4.79 Å². The van der Waals surface area contributed by atoms with E-state index in [-0.39, 0.29) is 18.3 Å². The van der Waals surface area contributed by atoms with Crippen molar-refractivity contribution in [2.24, 2.45) is 0 Å². The first-order valence-corrected chi connectivity index (χ1v) is 7.85. The molecule has 118 valence electrons. The normalized spacial score (nSPS) is 17.3. The van der Waals surface area contributed by atoms with E-state index in [0.717, 1.165) is 31.4 Å². The summed E-state index contributed by atoms with van der Waals surface area (Å²) in [4.78, 5) is 11.7. The predicted octanol–water partition coefficient (Wildman–Crippen LogP) is 3.61. The van der Waals surface area contributed by atoms with Crippen LogP contribution in [0.5, 0.6) is 0 Å². The molecule has 0 aliphatic carbocycles. The first-order valence-electron chi connectivity index (χ1n) is 7.09. The van der Waals surface area contributed by atoms with Crippen LogP contribution in [0.4, 0.5) is 0 Å². The Bertz CT molecular complexity index is 462. The molecule has 1 amide bonds. The van der Waals surface area contributed by atoms with Gasteiger partial charge in [0, 0.05) is 29.1 Å². The van der Waals surface area contributed by atoms with Gasteiger partial charge in [0.1, 0.15) is 0 Å². The SMILES string of the molecule is Cl.O=C(CC1CCCN1)NCCCc1ccc(Cl)cc1Cl. The molecule has 3 nitrogen and oxygen atoms in total. The largest absolute Gasteiger partial charge is 0.356 e. The summed E-state index contributed by atoms with van der Waals surface area (Å²) in [5.41, 5.74) is 1.07. The maximum Gasteiger partial charge on any atom is 0.221 e. The monoisotopic (exact) mass is 350 g/mol. The summed E-state index contributed by atoms with van der Waals surface area (Å²) in [6.45, 7) is 1.72. The third-order valence-electron chi connectivity index (χ3n) is 3.55. The Labute approximate surface area is 142 Å². The third-order valence-corrected chi connectivity index (χ3v) is 4.14. The lowest BCUT2D eigenvalue weighted by Gasteiger charge is -2.10. The second-order valence-electron chi connectivity index (χ2n) is 5.19. The van der Waals surface area contributed by atoms with Crippen molar-refractivity contribution in [1.29, 1.82) is 0 Å². The van der Waals surface area contributed by atoms with Crippen LogP contribution in [0.1, 0.15) is 31.2 Å². The van der Waals surface area contributed by atoms with Gasteiger partial charge < -0.3 is 10.6 Å². The average Bonchev–Trinajstić information content (AvgIpc) is 2.89. The van der Waals surface area contributed by atoms with Crippen molar-refractivity contribution in [1.82, 2.24) is 10.6 Å². The smallest absolute Gasteiger partial charge is 0.221 e. The molecule has 1 heterocycles. The highest BCUT2D eigenvalue weighted by atomic mass is 35.5. The average molecular weight is 352 g/mol. The Kier molecular flexibility index (Phi) is 8.42. The van der Waals surface area contributed by atoms with Crippen molar-refractivity contribution < 1.29 is 4.79 Å². The molecule has 0 radical (unpaired) electrons. The molecule has 1 saturated heterocycles. The lowest BCUT2D eigenvalue weighted by Crippen LogP contribution is -2.32. The van der Waals surface area contributed by atoms with E-state index in [1.807, 2.05) is 12.1 Å². The van der Waals surface area contributed by atoms with Crippen LogP contribution in [-0.2, 0) is 11.2 Å². The van der Waals surface area contributed by atoms with Gasteiger partial charge in [-0.05, 0) is 49.9 Å². The molecule has 1 aromatic rings. The molecule has 0 saturated carbocycles. The lowest BCUT2D eigenvalue weighted by atomic mass is 10.1. The number of amides is 1. The minimum Gasteiger partial charge on any atom is -0.356 e. The lowest BCUT2D eigenvalue weighted by molar-refractivity contribution is -0.121. The van der Waals surface area contributed by atoms with Gasteiger partial charge in [-0.25, -0.2) is 0 Å². The molecule has 21 heavy (non-hydrogen) atoms. The number of halogens is 3. The molecule has 0 bridgehead atoms. The summed E-state index contributed by atoms with van der Waals surface area (Å²) in [7, 11) is 0. The van der Waals surface area contributed by atoms with Gasteiger partial charge in [-0.2, -0.15) is 0 Å². The van der Waals surface area contributed by atoms with E-state index in [1.54, 1.807) is 6.07 Å². The van der Waals surface area contributed by atoms with Crippen LogP contribution in [0.15, 0.2) is 18.2 Å². The van der Waals surface area contributed by atoms with Crippen molar-refractivity contribution in [3.63, 3.8) is 0 Å². The number of hydrogen-bond donors (Lipinski definition) is 2. The van der Waals surface area contributed by atoms with Crippen molar-refractivity contribution >= 4 is 41.5 Å². The zero-order valence-corrected chi connectivity index (χ0v) is 14.2. The number of rotatable bonds is 6. The Morgan fingerprint density at radius 3 is 2.86 bits per heavy atom. The number of aryl methyl sites for hydroxylation is 1. The first-order chi connectivity index (χ1) is 9.65. The van der Waals surface area contributed by atoms with Gasteiger partial charge in [0.15, 0.2) is 0 Å². The molecule has 1 aromatic carbocycles. The maximum atomic E-state index is 11.7. The van der Waals surface area contributed by atoms with E-state index >= 15 is 0 Å². The van der Waals surface area contributed by atoms with Crippen LogP contribution in [0.3, 0.4) is 0 Å². The fourth-order valence-electron chi connectivity index (χ4n) is 2.46. The molecule has 2 rings (SSSR count). The molecule has 1 unspecified atom stereocenters. The molecule has 2 N–H and O–H groups in total. The van der Waals surface area contributed by atoms with Gasteiger partial charge in [0.05, 0.1) is 0 Å². The van der Waals surface area contributed by atoms with Crippen molar-refractivity contribution in [3.8, 4) is 0 Å². The zero-order valence-electron chi connectivity index (χ0n) is 11.8. The van der Waals surface area contributed by atoms with Gasteiger partial charge in [0.2, 0.25) is 5.91 Å². The van der Waals surface area contributed by atoms with Crippen molar-refractivity contribution in [3.05, 3.63) is 33.8 Å². The van der Waals surface area contributed by atoms with E-state index in [2.05, 4.69) is 10.6 Å². The second-order valence-corrected chi connectivity index (χ2v) is 6.03. The second kappa shape index (κ2) is 9.52. The van der Waals surface area contributed by atoms with Crippen LogP contribution in [-0.4, -0.2) is 25.0 Å². The summed E-state index contributed by atoms with van der Waals surface area (Å²) in [5, 5.41) is 7.63. The number of benzene rings is 1. The molecule has 1 atom stereocenters. The standard InChI is InChI=1S/C15H20Cl2N2O.ClH/c16-12-6-5-11(14(17)9-12)3-1-8-19-15(20)10-13-4-2-7-18-13;/h5-6,9,13,18H,1-4,7-8,10H2,(H,19,20);1H. The Morgan fingerprint density at radius 2 is 2.19 bits per heavy atom. The van der Waals surface area contributed by atoms with Crippen LogP contribution in [0.25, 0.3) is 0 Å². The van der Waals surface area contributed by atoms with Crippen LogP contribution in [0.2, 0.25) is 10.0 Å². The zero-order chi connectivity index (χ0) is 14.4. The molecule has 1 aliphatic rings. The van der Waals surface area contributed by atoms with Gasteiger partial charge in [-0.15, -0.1) is 12.4 Å². The Hall–Kier alpha value is -0.480. The quantitative estimate of drug-likeness (QED) is 0.769. The van der Waals surface area contributed by atoms with E-state index in [4.69, 9.17) is 23.2 Å². The number of carbonyl (C=O) groups excluding carboxylic acids is 1. The fourth-order valence-corrected chi connectivity index (χ4v) is 2.96. The highest BCUT2D eigenvalue weighted by molar-refractivity contribution is 6.35. The molecule has 1 fully saturated rings. The van der Waals surface area contributed by atoms with Gasteiger partial charge in [-0.3, -0.25) is 4.79 Å². The van der Waals surface area contributed by atoms with Gasteiger partial charge in [-0.1, -0.05) is 29.3 Å². The first kappa shape index (κ1) is 18.6. The molecular weight excluding hydrogens is 331 g/mol. The van der Waals surface area contributed by atoms with E-state index in [1.165, 1.54) is 6.42 Å². The predicted molar refractivity (Wildman–Crippen MR) is 90.7 cm³/mol. The summed E-state index contributed by atoms with van der Waals surface area (Å²) >= 11 is 12.0. The Morgan fingerprint density at radius 1 is 1.38 bits per heavy atom. The van der Waals surface area contributed by atoms with Crippen LogP contribution in [0, 0.1) is 0 Å². The maximum absolute atomic E-state index is 11.7. The molecular formula is C15H21Cl3N2O. The van der Waals surface area contributed by atoms with Crippen molar-refractivity contribution in [2.75, 3.05) is 13.1 Å². The summed E-state index contributed by atoms with van der Waals surface area (Å²) in [6, 6.07) is 5.89. The number of nitrogens with one attached hydrogen (secondary N) is 2. The van der Waals surface area contributed by atoms with Gasteiger partial charge in [0.25, 0.3) is 0 Å². The molecule has 6 heteroatoms. The number of carbonyl (C=O) groups is 1. The summed E-state index contributed by atoms with van der Waals surface area (Å²) in [6.07, 6.45) is 4.59. The van der Waals surface area contributed by atoms with Crippen molar-refractivity contribution in [2.45, 2.75) is 38.1 Å². The molecule has 0 aromatic heterocycles. The van der Waals surface area contributed by atoms with Crippen LogP contribution < -0.4 is 10.6 Å². The minimum atomic E-state index is 0. The molecule has 1 aliphatic heterocycles. The molecule has 0 spiro atoms. The summed E-state index contributed by atoms with van der Waals surface area (Å²) < 4.78 is 0. The Balaban J connectivity index is 0.00000220. The minimum absolute atomic E-state index is 0. The summed E-state index contributed by atoms with van der Waals surface area (Å²) in [5.74, 6) is 0.131. The van der Waals surface area contributed by atoms with E-state index < -0.39 is 0 Å². The highest BCUT2D eigenvalue weighted by Crippen LogP contribution is 2.21. The number of hydrogen-bond acceptors (Lipinski definition) is 2. The van der Waals surface area contributed by atoms with Crippen LogP contribution >= 0.6 is 35.6 Å². The third kappa shape index (κ3) is 6.43.